The lowest BCUT2D eigenvalue weighted by atomic mass is 10.2. The fourth-order valence-electron chi connectivity index (χ4n) is 3.02. The molecule has 0 radical (unpaired) electrons. The molecule has 2 heterocycles. The summed E-state index contributed by atoms with van der Waals surface area (Å²) < 4.78 is 0.469. The predicted octanol–water partition coefficient (Wildman–Crippen LogP) is 4.46. The van der Waals surface area contributed by atoms with Crippen molar-refractivity contribution in [1.29, 1.82) is 0 Å². The number of aromatic nitrogens is 1. The molecule has 2 amide bonds. The van der Waals surface area contributed by atoms with E-state index in [0.717, 1.165) is 16.5 Å². The number of hydrogen-bond donors (Lipinski definition) is 1. The summed E-state index contributed by atoms with van der Waals surface area (Å²) in [5.74, 6) is -0.354. The van der Waals surface area contributed by atoms with E-state index in [9.17, 15) is 9.59 Å². The van der Waals surface area contributed by atoms with Crippen molar-refractivity contribution in [2.75, 3.05) is 11.9 Å². The van der Waals surface area contributed by atoms with Crippen LogP contribution in [0, 0.1) is 0 Å². The van der Waals surface area contributed by atoms with Crippen molar-refractivity contribution in [3.8, 4) is 0 Å². The predicted molar refractivity (Wildman–Crippen MR) is 121 cm³/mol. The maximum atomic E-state index is 12.7. The van der Waals surface area contributed by atoms with E-state index >= 15 is 0 Å². The molecule has 7 heteroatoms. The molecule has 1 fully saturated rings. The van der Waals surface area contributed by atoms with E-state index in [2.05, 4.69) is 10.3 Å². The first-order valence-corrected chi connectivity index (χ1v) is 10.3. The molecule has 144 valence electrons. The highest BCUT2D eigenvalue weighted by Gasteiger charge is 2.32. The zero-order valence-electron chi connectivity index (χ0n) is 15.4. The van der Waals surface area contributed by atoms with Gasteiger partial charge in [-0.1, -0.05) is 72.5 Å². The molecule has 3 aromatic rings. The first-order valence-electron chi connectivity index (χ1n) is 9.06. The Labute approximate surface area is 177 Å². The molecular formula is C22H17N3O2S2. The number of nitrogens with one attached hydrogen (secondary N) is 1. The van der Waals surface area contributed by atoms with E-state index in [4.69, 9.17) is 12.2 Å². The van der Waals surface area contributed by atoms with Gasteiger partial charge in [0.2, 0.25) is 5.91 Å². The number of para-hydroxylation sites is 1. The number of fused-ring (bicyclic) bond motifs is 1. The van der Waals surface area contributed by atoms with Gasteiger partial charge in [-0.3, -0.25) is 19.5 Å². The number of carbonyl (C=O) groups is 2. The normalized spacial score (nSPS) is 15.3. The van der Waals surface area contributed by atoms with Gasteiger partial charge in [0.25, 0.3) is 5.91 Å². The summed E-state index contributed by atoms with van der Waals surface area (Å²) in [5.41, 5.74) is 2.33. The Morgan fingerprint density at radius 3 is 2.72 bits per heavy atom. The average molecular weight is 420 g/mol. The first-order chi connectivity index (χ1) is 14.1. The van der Waals surface area contributed by atoms with Crippen molar-refractivity contribution in [2.45, 2.75) is 6.42 Å². The maximum Gasteiger partial charge on any atom is 0.266 e. The third kappa shape index (κ3) is 4.36. The van der Waals surface area contributed by atoms with E-state index in [0.29, 0.717) is 14.9 Å². The van der Waals surface area contributed by atoms with Gasteiger partial charge in [-0.15, -0.1) is 0 Å². The minimum absolute atomic E-state index is 0.147. The highest BCUT2D eigenvalue weighted by Crippen LogP contribution is 2.32. The number of rotatable bonds is 5. The molecule has 1 aromatic heterocycles. The van der Waals surface area contributed by atoms with Crippen LogP contribution in [0.15, 0.2) is 71.8 Å². The van der Waals surface area contributed by atoms with Gasteiger partial charge < -0.3 is 5.32 Å². The van der Waals surface area contributed by atoms with Gasteiger partial charge in [0.05, 0.1) is 16.1 Å². The van der Waals surface area contributed by atoms with E-state index in [1.165, 1.54) is 16.7 Å². The fourth-order valence-corrected chi connectivity index (χ4v) is 4.33. The van der Waals surface area contributed by atoms with Crippen LogP contribution in [0.5, 0.6) is 0 Å². The fraction of sp³-hybridized carbons (Fsp3) is 0.0909. The molecule has 2 aromatic carbocycles. The van der Waals surface area contributed by atoms with Crippen molar-refractivity contribution in [3.05, 3.63) is 77.3 Å². The minimum Gasteiger partial charge on any atom is -0.324 e. The number of nitrogens with zero attached hydrogens (tertiary/aromatic N) is 2. The van der Waals surface area contributed by atoms with Gasteiger partial charge >= 0.3 is 0 Å². The van der Waals surface area contributed by atoms with E-state index in [1.807, 2.05) is 66.7 Å². The van der Waals surface area contributed by atoms with Gasteiger partial charge in [0, 0.05) is 24.5 Å². The third-order valence-corrected chi connectivity index (χ3v) is 5.82. The highest BCUT2D eigenvalue weighted by atomic mass is 32.2. The summed E-state index contributed by atoms with van der Waals surface area (Å²) in [4.78, 5) is 31.5. The number of thiocarbonyl (C=S) groups is 1. The molecule has 4 rings (SSSR count). The highest BCUT2D eigenvalue weighted by molar-refractivity contribution is 8.26. The molecule has 1 saturated heterocycles. The van der Waals surface area contributed by atoms with Crippen LogP contribution in [-0.4, -0.2) is 32.6 Å². The Hall–Kier alpha value is -3.03. The third-order valence-electron chi connectivity index (χ3n) is 4.44. The maximum absolute atomic E-state index is 12.7. The zero-order chi connectivity index (χ0) is 20.2. The average Bonchev–Trinajstić information content (AvgIpc) is 3.00. The summed E-state index contributed by atoms with van der Waals surface area (Å²) >= 11 is 6.60. The number of anilines is 1. The number of benzene rings is 2. The molecular weight excluding hydrogens is 402 g/mol. The number of amides is 2. The second-order valence-corrected chi connectivity index (χ2v) is 8.10. The molecule has 0 atom stereocenters. The molecule has 1 aliphatic rings. The van der Waals surface area contributed by atoms with Crippen LogP contribution < -0.4 is 5.32 Å². The molecule has 0 unspecified atom stereocenters. The monoisotopic (exact) mass is 419 g/mol. The van der Waals surface area contributed by atoms with Crippen LogP contribution in [-0.2, 0) is 9.59 Å². The largest absolute Gasteiger partial charge is 0.324 e. The van der Waals surface area contributed by atoms with Gasteiger partial charge in [0.15, 0.2) is 0 Å². The second-order valence-electron chi connectivity index (χ2n) is 6.42. The molecule has 0 aliphatic carbocycles. The van der Waals surface area contributed by atoms with Crippen LogP contribution in [0.25, 0.3) is 17.0 Å². The summed E-state index contributed by atoms with van der Waals surface area (Å²) in [6, 6.07) is 19.0. The Bertz CT molecular complexity index is 1120. The molecule has 0 saturated carbocycles. The van der Waals surface area contributed by atoms with Crippen LogP contribution in [0.4, 0.5) is 5.69 Å². The van der Waals surface area contributed by atoms with Crippen molar-refractivity contribution in [1.82, 2.24) is 9.88 Å². The van der Waals surface area contributed by atoms with Crippen LogP contribution in [0.3, 0.4) is 0 Å². The summed E-state index contributed by atoms with van der Waals surface area (Å²) in [5, 5.41) is 3.84. The lowest BCUT2D eigenvalue weighted by Gasteiger charge is -2.14. The zero-order valence-corrected chi connectivity index (χ0v) is 17.0. The molecule has 1 N–H and O–H groups in total. The van der Waals surface area contributed by atoms with Crippen LogP contribution in [0.2, 0.25) is 0 Å². The lowest BCUT2D eigenvalue weighted by Crippen LogP contribution is -2.31. The van der Waals surface area contributed by atoms with Crippen LogP contribution >= 0.6 is 24.0 Å². The number of thioether (sulfide) groups is 1. The SMILES string of the molecule is O=C(CCN1C(=O)/C(=C/c2ccccc2)SC1=S)Nc1cccc2cccnc12. The van der Waals surface area contributed by atoms with Gasteiger partial charge in [-0.2, -0.15) is 0 Å². The first kappa shape index (κ1) is 19.3. The minimum atomic E-state index is -0.191. The Morgan fingerprint density at radius 2 is 1.90 bits per heavy atom. The van der Waals surface area contributed by atoms with Crippen molar-refractivity contribution in [3.63, 3.8) is 0 Å². The second kappa shape index (κ2) is 8.55. The topological polar surface area (TPSA) is 62.3 Å². The van der Waals surface area contributed by atoms with Gasteiger partial charge in [-0.05, 0) is 23.8 Å². The summed E-state index contributed by atoms with van der Waals surface area (Å²) in [6.07, 6.45) is 3.66. The Morgan fingerprint density at radius 1 is 1.10 bits per heavy atom. The Balaban J connectivity index is 1.41. The van der Waals surface area contributed by atoms with Gasteiger partial charge in [-0.25, -0.2) is 0 Å². The standard InChI is InChI=1S/C22H17N3O2S2/c26-19(24-17-10-4-8-16-9-5-12-23-20(16)17)11-13-25-21(27)18(29-22(25)28)14-15-6-2-1-3-7-15/h1-10,12,14H,11,13H2,(H,24,26)/b18-14-. The molecule has 5 nitrogen and oxygen atoms in total. The quantitative estimate of drug-likeness (QED) is 0.489. The number of hydrogen-bond acceptors (Lipinski definition) is 5. The number of pyridine rings is 1. The summed E-state index contributed by atoms with van der Waals surface area (Å²) in [6.45, 7) is 0.237. The van der Waals surface area contributed by atoms with Crippen molar-refractivity contribution >= 4 is 62.8 Å². The summed E-state index contributed by atoms with van der Waals surface area (Å²) in [7, 11) is 0. The molecule has 0 bridgehead atoms. The van der Waals surface area contributed by atoms with E-state index in [1.54, 1.807) is 6.20 Å². The van der Waals surface area contributed by atoms with E-state index in [-0.39, 0.29) is 24.8 Å². The molecule has 29 heavy (non-hydrogen) atoms. The van der Waals surface area contributed by atoms with Crippen molar-refractivity contribution in [2.24, 2.45) is 0 Å². The van der Waals surface area contributed by atoms with Crippen molar-refractivity contribution < 1.29 is 9.59 Å². The smallest absolute Gasteiger partial charge is 0.266 e. The number of carbonyl (C=O) groups excluding carboxylic acids is 2. The molecule has 0 spiro atoms. The van der Waals surface area contributed by atoms with Crippen LogP contribution in [0.1, 0.15) is 12.0 Å². The lowest BCUT2D eigenvalue weighted by molar-refractivity contribution is -0.122. The van der Waals surface area contributed by atoms with E-state index < -0.39 is 0 Å². The Kier molecular flexibility index (Phi) is 5.69. The van der Waals surface area contributed by atoms with Gasteiger partial charge in [0.1, 0.15) is 4.32 Å². The molecule has 1 aliphatic heterocycles.